The fourth-order valence-electron chi connectivity index (χ4n) is 1.28. The third-order valence-corrected chi connectivity index (χ3v) is 2.25. The summed E-state index contributed by atoms with van der Waals surface area (Å²) >= 11 is 0. The second kappa shape index (κ2) is 6.51. The lowest BCUT2D eigenvalue weighted by Crippen LogP contribution is -2.46. The number of carbonyl (C=O) groups is 2. The molecule has 1 atom stereocenters. The average Bonchev–Trinajstić information content (AvgIpc) is 2.78. The zero-order valence-electron chi connectivity index (χ0n) is 9.56. The van der Waals surface area contributed by atoms with Crippen LogP contribution in [0.5, 0.6) is 0 Å². The Hall–Kier alpha value is -2.05. The number of aliphatic carboxylic acids is 1. The van der Waals surface area contributed by atoms with Crippen LogP contribution in [0.2, 0.25) is 0 Å². The van der Waals surface area contributed by atoms with Crippen LogP contribution >= 0.6 is 0 Å². The lowest BCUT2D eigenvalue weighted by molar-refractivity contribution is -0.139. The molecule has 1 rings (SSSR count). The van der Waals surface area contributed by atoms with E-state index in [1.54, 1.807) is 19.4 Å². The standard InChI is InChI=1S/C10H16N4O3/c1-2-8(9(15)16)14-10(17)12-4-3-7-5-11-6-13-7/h5-6,8H,2-4H2,1H3,(H,11,13)(H,15,16)(H2,12,14,17)/t8-/m1/s1. The summed E-state index contributed by atoms with van der Waals surface area (Å²) < 4.78 is 0. The molecule has 17 heavy (non-hydrogen) atoms. The predicted octanol–water partition coefficient (Wildman–Crippen LogP) is 0.115. The maximum atomic E-state index is 11.3. The van der Waals surface area contributed by atoms with Crippen molar-refractivity contribution in [3.05, 3.63) is 18.2 Å². The molecule has 7 nitrogen and oxygen atoms in total. The van der Waals surface area contributed by atoms with Gasteiger partial charge in [-0.05, 0) is 6.42 Å². The zero-order chi connectivity index (χ0) is 12.7. The van der Waals surface area contributed by atoms with Gasteiger partial charge < -0.3 is 20.7 Å². The Kier molecular flexibility index (Phi) is 4.99. The smallest absolute Gasteiger partial charge is 0.326 e. The van der Waals surface area contributed by atoms with Crippen LogP contribution in [0.1, 0.15) is 19.0 Å². The van der Waals surface area contributed by atoms with Crippen molar-refractivity contribution in [2.24, 2.45) is 0 Å². The second-order valence-corrected chi connectivity index (χ2v) is 3.53. The normalized spacial score (nSPS) is 11.8. The molecule has 1 aromatic rings. The molecular formula is C10H16N4O3. The van der Waals surface area contributed by atoms with Crippen molar-refractivity contribution in [2.45, 2.75) is 25.8 Å². The van der Waals surface area contributed by atoms with Gasteiger partial charge in [-0.15, -0.1) is 0 Å². The van der Waals surface area contributed by atoms with E-state index in [2.05, 4.69) is 20.6 Å². The van der Waals surface area contributed by atoms with E-state index < -0.39 is 18.0 Å². The van der Waals surface area contributed by atoms with E-state index in [4.69, 9.17) is 5.11 Å². The molecule has 0 radical (unpaired) electrons. The first-order valence-corrected chi connectivity index (χ1v) is 5.38. The number of carbonyl (C=O) groups excluding carboxylic acids is 1. The first-order chi connectivity index (χ1) is 8.13. The van der Waals surface area contributed by atoms with Gasteiger partial charge in [0.05, 0.1) is 6.33 Å². The predicted molar refractivity (Wildman–Crippen MR) is 60.5 cm³/mol. The lowest BCUT2D eigenvalue weighted by atomic mass is 10.2. The van der Waals surface area contributed by atoms with Gasteiger partial charge in [-0.2, -0.15) is 0 Å². The van der Waals surface area contributed by atoms with Crippen LogP contribution < -0.4 is 10.6 Å². The number of carboxylic acid groups (broad SMARTS) is 1. The highest BCUT2D eigenvalue weighted by atomic mass is 16.4. The molecule has 94 valence electrons. The highest BCUT2D eigenvalue weighted by molar-refractivity contribution is 5.82. The molecule has 0 aromatic carbocycles. The number of aromatic amines is 1. The number of imidazole rings is 1. The Bertz CT molecular complexity index is 364. The van der Waals surface area contributed by atoms with Gasteiger partial charge in [0.15, 0.2) is 0 Å². The Morgan fingerprint density at radius 1 is 1.59 bits per heavy atom. The molecule has 4 N–H and O–H groups in total. The van der Waals surface area contributed by atoms with Gasteiger partial charge in [0.25, 0.3) is 0 Å². The fourth-order valence-corrected chi connectivity index (χ4v) is 1.28. The van der Waals surface area contributed by atoms with Crippen LogP contribution in [0, 0.1) is 0 Å². The number of nitrogens with one attached hydrogen (secondary N) is 3. The van der Waals surface area contributed by atoms with Gasteiger partial charge in [0.1, 0.15) is 6.04 Å². The van der Waals surface area contributed by atoms with Gasteiger partial charge in [-0.3, -0.25) is 0 Å². The van der Waals surface area contributed by atoms with E-state index in [-0.39, 0.29) is 0 Å². The van der Waals surface area contributed by atoms with Crippen LogP contribution in [0.4, 0.5) is 4.79 Å². The van der Waals surface area contributed by atoms with Crippen molar-refractivity contribution >= 4 is 12.0 Å². The molecule has 0 aliphatic carbocycles. The number of nitrogens with zero attached hydrogens (tertiary/aromatic N) is 1. The third kappa shape index (κ3) is 4.54. The van der Waals surface area contributed by atoms with Crippen LogP contribution in [-0.2, 0) is 11.2 Å². The zero-order valence-corrected chi connectivity index (χ0v) is 9.56. The number of carboxylic acids is 1. The van der Waals surface area contributed by atoms with E-state index >= 15 is 0 Å². The number of aromatic nitrogens is 2. The Balaban J connectivity index is 2.23. The molecule has 7 heteroatoms. The van der Waals surface area contributed by atoms with Crippen LogP contribution in [0.25, 0.3) is 0 Å². The van der Waals surface area contributed by atoms with E-state index in [1.807, 2.05) is 0 Å². The maximum absolute atomic E-state index is 11.3. The Morgan fingerprint density at radius 2 is 2.35 bits per heavy atom. The molecule has 0 fully saturated rings. The summed E-state index contributed by atoms with van der Waals surface area (Å²) in [4.78, 5) is 28.8. The molecule has 0 aliphatic heterocycles. The van der Waals surface area contributed by atoms with Gasteiger partial charge in [-0.25, -0.2) is 14.6 Å². The highest BCUT2D eigenvalue weighted by Gasteiger charge is 2.16. The van der Waals surface area contributed by atoms with Crippen molar-refractivity contribution in [1.82, 2.24) is 20.6 Å². The first kappa shape index (κ1) is 13.0. The summed E-state index contributed by atoms with van der Waals surface area (Å²) in [6.07, 6.45) is 4.21. The minimum Gasteiger partial charge on any atom is -0.480 e. The molecule has 0 unspecified atom stereocenters. The minimum atomic E-state index is -1.03. The number of urea groups is 1. The fraction of sp³-hybridized carbons (Fsp3) is 0.500. The molecular weight excluding hydrogens is 224 g/mol. The van der Waals surface area contributed by atoms with Crippen molar-refractivity contribution in [3.63, 3.8) is 0 Å². The van der Waals surface area contributed by atoms with Gasteiger partial charge >= 0.3 is 12.0 Å². The first-order valence-electron chi connectivity index (χ1n) is 5.38. The van der Waals surface area contributed by atoms with Crippen molar-refractivity contribution < 1.29 is 14.7 Å². The molecule has 0 aliphatic rings. The molecule has 0 bridgehead atoms. The summed E-state index contributed by atoms with van der Waals surface area (Å²) in [6, 6.07) is -1.32. The number of H-pyrrole nitrogens is 1. The van der Waals surface area contributed by atoms with E-state index in [1.165, 1.54) is 0 Å². The molecule has 1 heterocycles. The quantitative estimate of drug-likeness (QED) is 0.566. The van der Waals surface area contributed by atoms with Gasteiger partial charge in [-0.1, -0.05) is 6.92 Å². The molecule has 2 amide bonds. The minimum absolute atomic E-state index is 0.350. The molecule has 0 saturated carbocycles. The number of rotatable bonds is 6. The summed E-state index contributed by atoms with van der Waals surface area (Å²) in [5, 5.41) is 13.7. The van der Waals surface area contributed by atoms with Crippen LogP contribution in [0.15, 0.2) is 12.5 Å². The van der Waals surface area contributed by atoms with Crippen LogP contribution in [0.3, 0.4) is 0 Å². The summed E-state index contributed by atoms with van der Waals surface area (Å²) in [6.45, 7) is 2.12. The van der Waals surface area contributed by atoms with E-state index in [0.29, 0.717) is 19.4 Å². The number of hydrogen-bond donors (Lipinski definition) is 4. The maximum Gasteiger partial charge on any atom is 0.326 e. The van der Waals surface area contributed by atoms with E-state index in [9.17, 15) is 9.59 Å². The lowest BCUT2D eigenvalue weighted by Gasteiger charge is -2.12. The number of amides is 2. The van der Waals surface area contributed by atoms with Gasteiger partial charge in [0, 0.05) is 24.9 Å². The topological polar surface area (TPSA) is 107 Å². The van der Waals surface area contributed by atoms with Crippen molar-refractivity contribution in [2.75, 3.05) is 6.54 Å². The molecule has 0 spiro atoms. The monoisotopic (exact) mass is 240 g/mol. The van der Waals surface area contributed by atoms with E-state index in [0.717, 1.165) is 5.69 Å². The average molecular weight is 240 g/mol. The van der Waals surface area contributed by atoms with Crippen LogP contribution in [-0.4, -0.2) is 39.7 Å². The largest absolute Gasteiger partial charge is 0.480 e. The van der Waals surface area contributed by atoms with Crippen molar-refractivity contribution in [3.8, 4) is 0 Å². The molecule has 1 aromatic heterocycles. The summed E-state index contributed by atoms with van der Waals surface area (Å²) in [5.41, 5.74) is 0.913. The SMILES string of the molecule is CC[C@@H](NC(=O)NCCc1cnc[nH]1)C(=O)O. The third-order valence-electron chi connectivity index (χ3n) is 2.25. The van der Waals surface area contributed by atoms with Crippen molar-refractivity contribution in [1.29, 1.82) is 0 Å². The van der Waals surface area contributed by atoms with Gasteiger partial charge in [0.2, 0.25) is 0 Å². The molecule has 0 saturated heterocycles. The number of hydrogen-bond acceptors (Lipinski definition) is 3. The highest BCUT2D eigenvalue weighted by Crippen LogP contribution is 1.92. The summed E-state index contributed by atoms with van der Waals surface area (Å²) in [5.74, 6) is -1.03. The Morgan fingerprint density at radius 3 is 2.88 bits per heavy atom. The Labute approximate surface area is 98.6 Å². The second-order valence-electron chi connectivity index (χ2n) is 3.53. The summed E-state index contributed by atoms with van der Waals surface area (Å²) in [7, 11) is 0.